The normalized spacial score (nSPS) is 17.3. The number of piperazine rings is 1. The molecule has 2 aromatic rings. The van der Waals surface area contributed by atoms with Crippen LogP contribution in [0, 0.1) is 0 Å². The van der Waals surface area contributed by atoms with Crippen molar-refractivity contribution in [3.05, 3.63) is 48.5 Å². The lowest BCUT2D eigenvalue weighted by Crippen LogP contribution is -2.52. The standard InChI is InChI=1S/C15H18N4O.2ClH/c1-12-10-16-6-8-19(12)15(20)13-3-2-4-14(9-13)18-7-5-17-11-18;;/h2-5,7,9,11-12,16H,6,8,10H2,1H3;2*1H/t12-;;/m1../s1. The van der Waals surface area contributed by atoms with E-state index in [-0.39, 0.29) is 36.8 Å². The molecule has 1 aliphatic rings. The Bertz CT molecular complexity index is 603. The summed E-state index contributed by atoms with van der Waals surface area (Å²) in [4.78, 5) is 18.6. The van der Waals surface area contributed by atoms with Gasteiger partial charge in [0.05, 0.1) is 6.33 Å². The smallest absolute Gasteiger partial charge is 0.254 e. The van der Waals surface area contributed by atoms with Gasteiger partial charge in [0.15, 0.2) is 0 Å². The van der Waals surface area contributed by atoms with Crippen LogP contribution in [-0.4, -0.2) is 46.0 Å². The fourth-order valence-electron chi connectivity index (χ4n) is 2.52. The third-order valence-electron chi connectivity index (χ3n) is 3.66. The first-order valence-corrected chi connectivity index (χ1v) is 6.86. The predicted molar refractivity (Wildman–Crippen MR) is 91.4 cm³/mol. The van der Waals surface area contributed by atoms with Gasteiger partial charge >= 0.3 is 0 Å². The number of nitrogens with zero attached hydrogens (tertiary/aromatic N) is 3. The van der Waals surface area contributed by atoms with E-state index in [9.17, 15) is 4.79 Å². The van der Waals surface area contributed by atoms with E-state index in [2.05, 4.69) is 17.2 Å². The van der Waals surface area contributed by atoms with Gasteiger partial charge in [0.2, 0.25) is 0 Å². The maximum absolute atomic E-state index is 12.6. The highest BCUT2D eigenvalue weighted by Crippen LogP contribution is 2.14. The van der Waals surface area contributed by atoms with Crippen LogP contribution in [0.2, 0.25) is 0 Å². The van der Waals surface area contributed by atoms with Gasteiger partial charge in [-0.2, -0.15) is 0 Å². The van der Waals surface area contributed by atoms with E-state index < -0.39 is 0 Å². The van der Waals surface area contributed by atoms with Gasteiger partial charge in [0.25, 0.3) is 5.91 Å². The summed E-state index contributed by atoms with van der Waals surface area (Å²) in [5, 5.41) is 3.30. The van der Waals surface area contributed by atoms with Gasteiger partial charge in [-0.1, -0.05) is 6.07 Å². The first-order valence-electron chi connectivity index (χ1n) is 6.86. The van der Waals surface area contributed by atoms with Crippen molar-refractivity contribution in [2.45, 2.75) is 13.0 Å². The van der Waals surface area contributed by atoms with Crippen molar-refractivity contribution in [3.8, 4) is 5.69 Å². The molecule has 1 fully saturated rings. The minimum Gasteiger partial charge on any atom is -0.333 e. The molecular weight excluding hydrogens is 323 g/mol. The highest BCUT2D eigenvalue weighted by molar-refractivity contribution is 5.95. The van der Waals surface area contributed by atoms with Crippen LogP contribution in [0.3, 0.4) is 0 Å². The lowest BCUT2D eigenvalue weighted by molar-refractivity contribution is 0.0655. The van der Waals surface area contributed by atoms with E-state index in [1.54, 1.807) is 12.5 Å². The summed E-state index contributed by atoms with van der Waals surface area (Å²) in [6.45, 7) is 4.54. The lowest BCUT2D eigenvalue weighted by Gasteiger charge is -2.34. The van der Waals surface area contributed by atoms with E-state index in [1.807, 2.05) is 39.9 Å². The molecule has 1 aromatic carbocycles. The Morgan fingerprint density at radius 1 is 1.36 bits per heavy atom. The minimum absolute atomic E-state index is 0. The van der Waals surface area contributed by atoms with E-state index in [0.29, 0.717) is 0 Å². The molecule has 2 heterocycles. The zero-order valence-corrected chi connectivity index (χ0v) is 13.9. The van der Waals surface area contributed by atoms with Gasteiger partial charge < -0.3 is 14.8 Å². The number of benzene rings is 1. The highest BCUT2D eigenvalue weighted by atomic mass is 35.5. The molecule has 1 saturated heterocycles. The molecule has 0 saturated carbocycles. The molecule has 0 aliphatic carbocycles. The van der Waals surface area contributed by atoms with Crippen LogP contribution in [0.15, 0.2) is 43.0 Å². The fourth-order valence-corrected chi connectivity index (χ4v) is 2.52. The highest BCUT2D eigenvalue weighted by Gasteiger charge is 2.24. The van der Waals surface area contributed by atoms with Crippen molar-refractivity contribution in [3.63, 3.8) is 0 Å². The number of rotatable bonds is 2. The Kier molecular flexibility index (Phi) is 6.87. The second-order valence-corrected chi connectivity index (χ2v) is 5.07. The first kappa shape index (κ1) is 18.5. The predicted octanol–water partition coefficient (Wildman–Crippen LogP) is 2.15. The van der Waals surface area contributed by atoms with Crippen LogP contribution in [0.25, 0.3) is 5.69 Å². The third kappa shape index (κ3) is 3.80. The van der Waals surface area contributed by atoms with Crippen molar-refractivity contribution in [2.24, 2.45) is 0 Å². The van der Waals surface area contributed by atoms with E-state index in [1.165, 1.54) is 0 Å². The average Bonchev–Trinajstić information content (AvgIpc) is 3.01. The summed E-state index contributed by atoms with van der Waals surface area (Å²) in [5.41, 5.74) is 1.68. The molecular formula is C15H20Cl2N4O. The molecule has 0 spiro atoms. The molecule has 7 heteroatoms. The summed E-state index contributed by atoms with van der Waals surface area (Å²) >= 11 is 0. The SMILES string of the molecule is C[C@@H]1CNCCN1C(=O)c1cccc(-n2ccnc2)c1.Cl.Cl. The number of halogens is 2. The maximum Gasteiger partial charge on any atom is 0.254 e. The summed E-state index contributed by atoms with van der Waals surface area (Å²) < 4.78 is 1.90. The van der Waals surface area contributed by atoms with Gasteiger partial charge in [0.1, 0.15) is 0 Å². The van der Waals surface area contributed by atoms with Crippen molar-refractivity contribution < 1.29 is 4.79 Å². The van der Waals surface area contributed by atoms with E-state index in [4.69, 9.17) is 0 Å². The van der Waals surface area contributed by atoms with Crippen LogP contribution >= 0.6 is 24.8 Å². The number of imidazole rings is 1. The molecule has 1 amide bonds. The summed E-state index contributed by atoms with van der Waals surface area (Å²) in [5.74, 6) is 0.0981. The van der Waals surface area contributed by atoms with Crippen LogP contribution in [-0.2, 0) is 0 Å². The van der Waals surface area contributed by atoms with Crippen molar-refractivity contribution in [1.82, 2.24) is 19.8 Å². The monoisotopic (exact) mass is 342 g/mol. The number of nitrogens with one attached hydrogen (secondary N) is 1. The molecule has 5 nitrogen and oxygen atoms in total. The number of aromatic nitrogens is 2. The van der Waals surface area contributed by atoms with Crippen molar-refractivity contribution in [2.75, 3.05) is 19.6 Å². The molecule has 0 unspecified atom stereocenters. The molecule has 3 rings (SSSR count). The second kappa shape index (κ2) is 8.17. The molecule has 1 N–H and O–H groups in total. The third-order valence-corrected chi connectivity index (χ3v) is 3.66. The van der Waals surface area contributed by atoms with Crippen LogP contribution in [0.5, 0.6) is 0 Å². The number of hydrogen-bond donors (Lipinski definition) is 1. The minimum atomic E-state index is 0. The second-order valence-electron chi connectivity index (χ2n) is 5.07. The van der Waals surface area contributed by atoms with Gasteiger partial charge in [-0.3, -0.25) is 4.79 Å². The fraction of sp³-hybridized carbons (Fsp3) is 0.333. The Labute approximate surface area is 142 Å². The molecule has 1 aromatic heterocycles. The summed E-state index contributed by atoms with van der Waals surface area (Å²) in [7, 11) is 0. The van der Waals surface area contributed by atoms with E-state index in [0.717, 1.165) is 30.9 Å². The van der Waals surface area contributed by atoms with Gasteiger partial charge in [-0.05, 0) is 25.1 Å². The molecule has 120 valence electrons. The zero-order chi connectivity index (χ0) is 13.9. The number of amides is 1. The molecule has 22 heavy (non-hydrogen) atoms. The first-order chi connectivity index (χ1) is 9.75. The quantitative estimate of drug-likeness (QED) is 0.909. The van der Waals surface area contributed by atoms with Gasteiger partial charge in [-0.25, -0.2) is 4.98 Å². The van der Waals surface area contributed by atoms with Crippen LogP contribution in [0.1, 0.15) is 17.3 Å². The molecule has 0 bridgehead atoms. The van der Waals surface area contributed by atoms with Crippen molar-refractivity contribution in [1.29, 1.82) is 0 Å². The van der Waals surface area contributed by atoms with Gasteiger partial charge in [-0.15, -0.1) is 24.8 Å². The number of hydrogen-bond acceptors (Lipinski definition) is 3. The largest absolute Gasteiger partial charge is 0.333 e. The topological polar surface area (TPSA) is 50.2 Å². The van der Waals surface area contributed by atoms with Gasteiger partial charge in [0, 0.05) is 49.3 Å². The molecule has 0 radical (unpaired) electrons. The lowest BCUT2D eigenvalue weighted by atomic mass is 10.1. The Morgan fingerprint density at radius 3 is 2.86 bits per heavy atom. The van der Waals surface area contributed by atoms with Crippen LogP contribution in [0.4, 0.5) is 0 Å². The summed E-state index contributed by atoms with van der Waals surface area (Å²) in [6, 6.07) is 7.90. The van der Waals surface area contributed by atoms with Crippen LogP contribution < -0.4 is 5.32 Å². The Balaban J connectivity index is 0.00000121. The van der Waals surface area contributed by atoms with E-state index >= 15 is 0 Å². The Morgan fingerprint density at radius 2 is 2.18 bits per heavy atom. The number of carbonyl (C=O) groups excluding carboxylic acids is 1. The van der Waals surface area contributed by atoms with Crippen molar-refractivity contribution >= 4 is 30.7 Å². The molecule has 1 aliphatic heterocycles. The average molecular weight is 343 g/mol. The maximum atomic E-state index is 12.6. The molecule has 1 atom stereocenters. The number of carbonyl (C=O) groups is 1. The Hall–Kier alpha value is -1.56. The zero-order valence-electron chi connectivity index (χ0n) is 12.3. The summed E-state index contributed by atoms with van der Waals surface area (Å²) in [6.07, 6.45) is 5.33.